The lowest BCUT2D eigenvalue weighted by molar-refractivity contribution is -0.137. The van der Waals surface area contributed by atoms with E-state index in [1.807, 2.05) is 0 Å². The van der Waals surface area contributed by atoms with Crippen LogP contribution in [0.1, 0.15) is 24.5 Å². The molecule has 2 aromatic rings. The fourth-order valence-corrected chi connectivity index (χ4v) is 2.16. The summed E-state index contributed by atoms with van der Waals surface area (Å²) in [5, 5.41) is 19.0. The van der Waals surface area contributed by atoms with E-state index in [4.69, 9.17) is 16.7 Å². The van der Waals surface area contributed by atoms with Gasteiger partial charge in [-0.3, -0.25) is 4.79 Å². The molecule has 0 bridgehead atoms. The summed E-state index contributed by atoms with van der Waals surface area (Å²) >= 11 is 5.80. The zero-order chi connectivity index (χ0) is 15.4. The SMILES string of the molecule is O=C(O)CCC(O)c1ccc(-c2ccc(Cl)cc2)cc1F. The number of aliphatic carboxylic acids is 1. The first-order valence-electron chi connectivity index (χ1n) is 6.42. The maximum Gasteiger partial charge on any atom is 0.303 e. The van der Waals surface area contributed by atoms with Crippen molar-refractivity contribution in [1.82, 2.24) is 0 Å². The van der Waals surface area contributed by atoms with Gasteiger partial charge in [0, 0.05) is 17.0 Å². The lowest BCUT2D eigenvalue weighted by Gasteiger charge is -2.12. The van der Waals surface area contributed by atoms with Crippen molar-refractivity contribution in [2.75, 3.05) is 0 Å². The van der Waals surface area contributed by atoms with Gasteiger partial charge in [0.1, 0.15) is 5.82 Å². The minimum Gasteiger partial charge on any atom is -0.481 e. The number of carboxylic acids is 1. The number of halogens is 2. The van der Waals surface area contributed by atoms with Crippen LogP contribution in [-0.2, 0) is 4.79 Å². The van der Waals surface area contributed by atoms with E-state index in [2.05, 4.69) is 0 Å². The molecule has 0 aromatic heterocycles. The standard InChI is InChI=1S/C16H14ClFO3/c17-12-4-1-10(2-5-12)11-3-6-13(14(18)9-11)15(19)7-8-16(20)21/h1-6,9,15,19H,7-8H2,(H,20,21). The van der Waals surface area contributed by atoms with Crippen molar-refractivity contribution in [3.8, 4) is 11.1 Å². The molecule has 1 unspecified atom stereocenters. The van der Waals surface area contributed by atoms with Gasteiger partial charge in [-0.15, -0.1) is 0 Å². The van der Waals surface area contributed by atoms with E-state index in [1.54, 1.807) is 30.3 Å². The molecule has 0 amide bonds. The number of hydrogen-bond acceptors (Lipinski definition) is 2. The van der Waals surface area contributed by atoms with E-state index in [-0.39, 0.29) is 18.4 Å². The molecule has 0 saturated carbocycles. The predicted molar refractivity (Wildman–Crippen MR) is 78.7 cm³/mol. The van der Waals surface area contributed by atoms with Crippen LogP contribution in [0.15, 0.2) is 42.5 Å². The maximum atomic E-state index is 14.1. The number of aliphatic hydroxyl groups excluding tert-OH is 1. The Hall–Kier alpha value is -1.91. The molecular weight excluding hydrogens is 295 g/mol. The molecule has 3 nitrogen and oxygen atoms in total. The monoisotopic (exact) mass is 308 g/mol. The van der Waals surface area contributed by atoms with Crippen molar-refractivity contribution in [3.05, 3.63) is 58.9 Å². The number of aliphatic hydroxyl groups is 1. The fourth-order valence-electron chi connectivity index (χ4n) is 2.03. The third kappa shape index (κ3) is 4.03. The average Bonchev–Trinajstić information content (AvgIpc) is 2.45. The molecule has 2 rings (SSSR count). The van der Waals surface area contributed by atoms with Crippen molar-refractivity contribution >= 4 is 17.6 Å². The number of rotatable bonds is 5. The first-order valence-corrected chi connectivity index (χ1v) is 6.80. The van der Waals surface area contributed by atoms with Gasteiger partial charge >= 0.3 is 5.97 Å². The van der Waals surface area contributed by atoms with Crippen LogP contribution < -0.4 is 0 Å². The lowest BCUT2D eigenvalue weighted by Crippen LogP contribution is -2.04. The highest BCUT2D eigenvalue weighted by Gasteiger charge is 2.15. The van der Waals surface area contributed by atoms with E-state index in [9.17, 15) is 14.3 Å². The second-order valence-electron chi connectivity index (χ2n) is 4.69. The van der Waals surface area contributed by atoms with Gasteiger partial charge in [0.2, 0.25) is 0 Å². The Morgan fingerprint density at radius 2 is 1.76 bits per heavy atom. The summed E-state index contributed by atoms with van der Waals surface area (Å²) in [6.45, 7) is 0. The summed E-state index contributed by atoms with van der Waals surface area (Å²) in [4.78, 5) is 10.5. The van der Waals surface area contributed by atoms with E-state index >= 15 is 0 Å². The normalized spacial score (nSPS) is 12.1. The van der Waals surface area contributed by atoms with E-state index in [0.717, 1.165) is 5.56 Å². The Morgan fingerprint density at radius 3 is 2.33 bits per heavy atom. The minimum absolute atomic E-state index is 0.0213. The molecule has 2 N–H and O–H groups in total. The smallest absolute Gasteiger partial charge is 0.303 e. The molecule has 0 heterocycles. The number of benzene rings is 2. The van der Waals surface area contributed by atoms with Gasteiger partial charge in [-0.2, -0.15) is 0 Å². The summed E-state index contributed by atoms with van der Waals surface area (Å²) in [7, 11) is 0. The summed E-state index contributed by atoms with van der Waals surface area (Å²) in [5.41, 5.74) is 1.58. The highest BCUT2D eigenvalue weighted by Crippen LogP contribution is 2.27. The third-order valence-electron chi connectivity index (χ3n) is 3.17. The molecule has 2 aromatic carbocycles. The Morgan fingerprint density at radius 1 is 1.14 bits per heavy atom. The fraction of sp³-hybridized carbons (Fsp3) is 0.188. The van der Waals surface area contributed by atoms with E-state index in [0.29, 0.717) is 10.6 Å². The van der Waals surface area contributed by atoms with Crippen LogP contribution in [0.2, 0.25) is 5.02 Å². The Kier molecular flexibility index (Phi) is 4.94. The molecule has 110 valence electrons. The molecule has 0 spiro atoms. The highest BCUT2D eigenvalue weighted by molar-refractivity contribution is 6.30. The summed E-state index contributed by atoms with van der Waals surface area (Å²) in [6, 6.07) is 11.5. The number of carbonyl (C=O) groups is 1. The molecule has 5 heteroatoms. The van der Waals surface area contributed by atoms with Gasteiger partial charge < -0.3 is 10.2 Å². The maximum absolute atomic E-state index is 14.1. The second kappa shape index (κ2) is 6.70. The molecule has 0 aliphatic carbocycles. The number of carboxylic acid groups (broad SMARTS) is 1. The summed E-state index contributed by atoms with van der Waals surface area (Å²) in [5.74, 6) is -1.58. The Labute approximate surface area is 126 Å². The van der Waals surface area contributed by atoms with Gasteiger partial charge in [-0.1, -0.05) is 35.9 Å². The number of hydrogen-bond donors (Lipinski definition) is 2. The predicted octanol–water partition coefficient (Wildman–Crippen LogP) is 4.04. The first-order chi connectivity index (χ1) is 9.97. The van der Waals surface area contributed by atoms with Gasteiger partial charge in [-0.25, -0.2) is 4.39 Å². The largest absolute Gasteiger partial charge is 0.481 e. The van der Waals surface area contributed by atoms with Crippen LogP contribution in [0.25, 0.3) is 11.1 Å². The van der Waals surface area contributed by atoms with Crippen molar-refractivity contribution < 1.29 is 19.4 Å². The van der Waals surface area contributed by atoms with Crippen LogP contribution in [0.4, 0.5) is 4.39 Å². The van der Waals surface area contributed by atoms with Crippen molar-refractivity contribution in [2.45, 2.75) is 18.9 Å². The molecule has 0 aliphatic rings. The molecule has 0 saturated heterocycles. The molecule has 0 fully saturated rings. The van der Waals surface area contributed by atoms with Crippen molar-refractivity contribution in [2.24, 2.45) is 0 Å². The Balaban J connectivity index is 2.20. The molecular formula is C16H14ClFO3. The van der Waals surface area contributed by atoms with Gasteiger partial charge in [0.15, 0.2) is 0 Å². The second-order valence-corrected chi connectivity index (χ2v) is 5.13. The molecule has 1 atom stereocenters. The van der Waals surface area contributed by atoms with E-state index in [1.165, 1.54) is 12.1 Å². The van der Waals surface area contributed by atoms with Crippen molar-refractivity contribution in [3.63, 3.8) is 0 Å². The average molecular weight is 309 g/mol. The zero-order valence-electron chi connectivity index (χ0n) is 11.1. The van der Waals surface area contributed by atoms with Gasteiger partial charge in [0.05, 0.1) is 6.10 Å². The van der Waals surface area contributed by atoms with Crippen LogP contribution in [0.3, 0.4) is 0 Å². The van der Waals surface area contributed by atoms with Gasteiger partial charge in [-0.05, 0) is 35.7 Å². The summed E-state index contributed by atoms with van der Waals surface area (Å²) < 4.78 is 14.1. The quantitative estimate of drug-likeness (QED) is 0.876. The lowest BCUT2D eigenvalue weighted by atomic mass is 9.99. The van der Waals surface area contributed by atoms with Crippen LogP contribution in [0, 0.1) is 5.82 Å². The van der Waals surface area contributed by atoms with E-state index < -0.39 is 17.9 Å². The Bertz CT molecular complexity index is 640. The summed E-state index contributed by atoms with van der Waals surface area (Å²) in [6.07, 6.45) is -1.35. The van der Waals surface area contributed by atoms with Crippen LogP contribution in [-0.4, -0.2) is 16.2 Å². The minimum atomic E-state index is -1.12. The zero-order valence-corrected chi connectivity index (χ0v) is 11.8. The molecule has 21 heavy (non-hydrogen) atoms. The highest BCUT2D eigenvalue weighted by atomic mass is 35.5. The third-order valence-corrected chi connectivity index (χ3v) is 3.42. The van der Waals surface area contributed by atoms with Crippen LogP contribution >= 0.6 is 11.6 Å². The van der Waals surface area contributed by atoms with Crippen LogP contribution in [0.5, 0.6) is 0 Å². The molecule has 0 radical (unpaired) electrons. The first kappa shape index (κ1) is 15.5. The van der Waals surface area contributed by atoms with Crippen molar-refractivity contribution in [1.29, 1.82) is 0 Å². The topological polar surface area (TPSA) is 57.5 Å². The molecule has 0 aliphatic heterocycles. The van der Waals surface area contributed by atoms with Gasteiger partial charge in [0.25, 0.3) is 0 Å².